The zero-order valence-electron chi connectivity index (χ0n) is 14.7. The minimum Gasteiger partial charge on any atom is -0.308 e. The first kappa shape index (κ1) is 21.6. The topological polar surface area (TPSA) is 47.8 Å². The van der Waals surface area contributed by atoms with Crippen LogP contribution in [0.25, 0.3) is 0 Å². The number of hydrogen-bond donors (Lipinski definition) is 0. The lowest BCUT2D eigenvalue weighted by atomic mass is 10.2. The van der Waals surface area contributed by atoms with Crippen LogP contribution in [0.5, 0.6) is 0 Å². The van der Waals surface area contributed by atoms with Gasteiger partial charge in [0.2, 0.25) is 0 Å². The molecule has 0 amide bonds. The number of halogens is 4. The normalized spacial score (nSPS) is 12.3. The molecule has 148 valence electrons. The Balaban J connectivity index is 1.67. The molecule has 0 fully saturated rings. The van der Waals surface area contributed by atoms with Crippen LogP contribution >= 0.6 is 46.6 Å². The lowest BCUT2D eigenvalue weighted by molar-refractivity contribution is 0.617. The Hall–Kier alpha value is -1.12. The van der Waals surface area contributed by atoms with Crippen LogP contribution in [-0.2, 0) is 35.1 Å². The Morgan fingerprint density at radius 2 is 1.61 bits per heavy atom. The fourth-order valence-electron chi connectivity index (χ4n) is 2.43. The van der Waals surface area contributed by atoms with E-state index in [1.807, 2.05) is 0 Å². The molecule has 0 saturated heterocycles. The van der Waals surface area contributed by atoms with Gasteiger partial charge in [0, 0.05) is 49.8 Å². The molecule has 0 aliphatic carbocycles. The summed E-state index contributed by atoms with van der Waals surface area (Å²) >= 11 is 19.6. The molecule has 0 N–H and O–H groups in total. The van der Waals surface area contributed by atoms with Crippen LogP contribution in [0.2, 0.25) is 15.1 Å². The molecule has 0 spiro atoms. The Morgan fingerprint density at radius 1 is 1.00 bits per heavy atom. The lowest BCUT2D eigenvalue weighted by Gasteiger charge is -2.08. The van der Waals surface area contributed by atoms with Crippen molar-refractivity contribution in [3.05, 3.63) is 74.2 Å². The molecule has 2 aromatic carbocycles. The zero-order valence-corrected chi connectivity index (χ0v) is 18.6. The molecule has 0 aliphatic rings. The fraction of sp³-hybridized carbons (Fsp3) is 0.222. The zero-order chi connectivity index (χ0) is 20.3. The van der Waals surface area contributed by atoms with Gasteiger partial charge in [0.05, 0.1) is 11.5 Å². The van der Waals surface area contributed by atoms with Crippen molar-refractivity contribution in [1.29, 1.82) is 0 Å². The molecule has 3 rings (SSSR count). The molecule has 1 aromatic heterocycles. The standard InChI is InChI=1S/C18H15Cl3FN3OS2/c1-25-17(10-28(26)9-12-14(20)4-2-5-15(12)21)23-24-18(25)27-8-11-13(19)6-3-7-16(11)22/h2-7H,8-10H2,1H3. The summed E-state index contributed by atoms with van der Waals surface area (Å²) in [6, 6.07) is 9.74. The largest absolute Gasteiger partial charge is 0.308 e. The van der Waals surface area contributed by atoms with E-state index in [0.29, 0.717) is 42.9 Å². The quantitative estimate of drug-likeness (QED) is 0.411. The summed E-state index contributed by atoms with van der Waals surface area (Å²) in [5.74, 6) is 0.935. The van der Waals surface area contributed by atoms with Crippen molar-refractivity contribution in [3.63, 3.8) is 0 Å². The molecular formula is C18H15Cl3FN3OS2. The SMILES string of the molecule is Cn1c(CS(=O)Cc2c(Cl)cccc2Cl)nnc1SCc1c(F)cccc1Cl. The van der Waals surface area contributed by atoms with Crippen molar-refractivity contribution in [1.82, 2.24) is 14.8 Å². The number of nitrogens with zero attached hydrogens (tertiary/aromatic N) is 3. The Labute approximate surface area is 183 Å². The van der Waals surface area contributed by atoms with Crippen molar-refractivity contribution in [3.8, 4) is 0 Å². The average Bonchev–Trinajstić information content (AvgIpc) is 2.98. The van der Waals surface area contributed by atoms with Gasteiger partial charge in [-0.25, -0.2) is 4.39 Å². The first-order valence-corrected chi connectivity index (χ1v) is 11.7. The second-order valence-corrected chi connectivity index (χ2v) is 9.50. The molecule has 0 aliphatic heterocycles. The van der Waals surface area contributed by atoms with E-state index in [1.165, 1.54) is 17.8 Å². The van der Waals surface area contributed by atoms with Gasteiger partial charge in [-0.2, -0.15) is 0 Å². The van der Waals surface area contributed by atoms with Crippen LogP contribution < -0.4 is 0 Å². The van der Waals surface area contributed by atoms with Crippen molar-refractivity contribution in [2.45, 2.75) is 22.4 Å². The highest BCUT2D eigenvalue weighted by Gasteiger charge is 2.16. The highest BCUT2D eigenvalue weighted by molar-refractivity contribution is 7.98. The molecule has 0 saturated carbocycles. The van der Waals surface area contributed by atoms with Gasteiger partial charge in [0.25, 0.3) is 0 Å². The Bertz CT molecular complexity index is 989. The third-order valence-corrected chi connectivity index (χ3v) is 7.29. The third kappa shape index (κ3) is 5.07. The van der Waals surface area contributed by atoms with Gasteiger partial charge < -0.3 is 4.57 Å². The van der Waals surface area contributed by atoms with E-state index in [-0.39, 0.29) is 17.3 Å². The van der Waals surface area contributed by atoms with E-state index in [0.717, 1.165) is 0 Å². The first-order chi connectivity index (χ1) is 13.4. The number of aromatic nitrogens is 3. The molecule has 28 heavy (non-hydrogen) atoms. The summed E-state index contributed by atoms with van der Waals surface area (Å²) < 4.78 is 28.2. The maximum Gasteiger partial charge on any atom is 0.191 e. The highest BCUT2D eigenvalue weighted by atomic mass is 35.5. The molecule has 1 atom stereocenters. The molecule has 3 aromatic rings. The van der Waals surface area contributed by atoms with Crippen molar-refractivity contribution < 1.29 is 8.60 Å². The predicted molar refractivity (Wildman–Crippen MR) is 114 cm³/mol. The van der Waals surface area contributed by atoms with Crippen LogP contribution in [0.3, 0.4) is 0 Å². The lowest BCUT2D eigenvalue weighted by Crippen LogP contribution is -2.06. The van der Waals surface area contributed by atoms with Gasteiger partial charge in [-0.1, -0.05) is 58.7 Å². The Morgan fingerprint density at radius 3 is 2.25 bits per heavy atom. The monoisotopic (exact) mass is 477 g/mol. The fourth-order valence-corrected chi connectivity index (χ4v) is 5.67. The van der Waals surface area contributed by atoms with E-state index in [1.54, 1.807) is 41.9 Å². The average molecular weight is 479 g/mol. The van der Waals surface area contributed by atoms with E-state index in [9.17, 15) is 8.60 Å². The molecule has 1 heterocycles. The van der Waals surface area contributed by atoms with Gasteiger partial charge in [-0.3, -0.25) is 4.21 Å². The molecule has 0 bridgehead atoms. The van der Waals surface area contributed by atoms with E-state index in [4.69, 9.17) is 34.8 Å². The van der Waals surface area contributed by atoms with Crippen molar-refractivity contribution in [2.75, 3.05) is 0 Å². The highest BCUT2D eigenvalue weighted by Crippen LogP contribution is 2.29. The summed E-state index contributed by atoms with van der Waals surface area (Å²) in [4.78, 5) is 0. The summed E-state index contributed by atoms with van der Waals surface area (Å²) in [5.41, 5.74) is 1.06. The number of thioether (sulfide) groups is 1. The summed E-state index contributed by atoms with van der Waals surface area (Å²) in [5, 5.41) is 10.1. The minimum atomic E-state index is -1.27. The summed E-state index contributed by atoms with van der Waals surface area (Å²) in [6.45, 7) is 0. The van der Waals surface area contributed by atoms with Crippen molar-refractivity contribution in [2.24, 2.45) is 7.05 Å². The summed E-state index contributed by atoms with van der Waals surface area (Å²) in [7, 11) is 0.509. The van der Waals surface area contributed by atoms with E-state index < -0.39 is 10.8 Å². The minimum absolute atomic E-state index is 0.200. The molecule has 4 nitrogen and oxygen atoms in total. The predicted octanol–water partition coefficient (Wildman–Crippen LogP) is 5.66. The molecular weight excluding hydrogens is 464 g/mol. The van der Waals surface area contributed by atoms with Gasteiger partial charge >= 0.3 is 0 Å². The van der Waals surface area contributed by atoms with Gasteiger partial charge in [-0.15, -0.1) is 10.2 Å². The summed E-state index contributed by atoms with van der Waals surface area (Å²) in [6.07, 6.45) is 0. The van der Waals surface area contributed by atoms with E-state index >= 15 is 0 Å². The van der Waals surface area contributed by atoms with Gasteiger partial charge in [0.15, 0.2) is 5.16 Å². The van der Waals surface area contributed by atoms with Gasteiger partial charge in [0.1, 0.15) is 11.6 Å². The number of hydrogen-bond acceptors (Lipinski definition) is 4. The third-order valence-electron chi connectivity index (χ3n) is 3.99. The van der Waals surface area contributed by atoms with Crippen LogP contribution in [-0.4, -0.2) is 19.0 Å². The molecule has 1 unspecified atom stereocenters. The molecule has 10 heteroatoms. The van der Waals surface area contributed by atoms with Crippen LogP contribution in [0.4, 0.5) is 4.39 Å². The number of rotatable bonds is 7. The van der Waals surface area contributed by atoms with Crippen LogP contribution in [0, 0.1) is 5.82 Å². The second kappa shape index (κ2) is 9.59. The second-order valence-electron chi connectivity index (χ2n) is 5.88. The van der Waals surface area contributed by atoms with Gasteiger partial charge in [-0.05, 0) is 24.3 Å². The molecule has 0 radical (unpaired) electrons. The van der Waals surface area contributed by atoms with Crippen LogP contribution in [0.15, 0.2) is 41.6 Å². The Kier molecular flexibility index (Phi) is 7.39. The first-order valence-electron chi connectivity index (χ1n) is 8.08. The maximum atomic E-state index is 13.9. The smallest absolute Gasteiger partial charge is 0.191 e. The maximum absolute atomic E-state index is 13.9. The number of benzene rings is 2. The van der Waals surface area contributed by atoms with E-state index in [2.05, 4.69) is 10.2 Å². The van der Waals surface area contributed by atoms with Crippen molar-refractivity contribution >= 4 is 57.4 Å². The van der Waals surface area contributed by atoms with Crippen LogP contribution in [0.1, 0.15) is 17.0 Å².